The number of hydrogen-bond donors (Lipinski definition) is 1. The molecule has 0 aliphatic rings. The molecule has 0 saturated carbocycles. The highest BCUT2D eigenvalue weighted by atomic mass is 16.5. The smallest absolute Gasteiger partial charge is 0.320 e. The van der Waals surface area contributed by atoms with Gasteiger partial charge < -0.3 is 14.7 Å². The monoisotopic (exact) mass is 429 g/mol. The summed E-state index contributed by atoms with van der Waals surface area (Å²) in [5.41, 5.74) is 0. The molecule has 0 aromatic rings. The number of ether oxygens (including phenoxy) is 1. The molecule has 0 aromatic carbocycles. The van der Waals surface area contributed by atoms with Crippen molar-refractivity contribution in [2.75, 3.05) is 67.0 Å². The van der Waals surface area contributed by atoms with E-state index >= 15 is 0 Å². The van der Waals surface area contributed by atoms with Gasteiger partial charge >= 0.3 is 5.97 Å². The van der Waals surface area contributed by atoms with Crippen molar-refractivity contribution in [1.29, 1.82) is 0 Å². The number of hydrogen-bond acceptors (Lipinski definition) is 7. The van der Waals surface area contributed by atoms with Crippen molar-refractivity contribution in [1.82, 2.24) is 14.7 Å². The lowest BCUT2D eigenvalue weighted by Crippen LogP contribution is -2.36. The molecular formula is C23H47N3O4. The fraction of sp³-hybridized carbons (Fsp3) is 0.913. The minimum absolute atomic E-state index is 0.156. The molecule has 0 saturated heterocycles. The van der Waals surface area contributed by atoms with Crippen molar-refractivity contribution in [3.05, 3.63) is 0 Å². The third-order valence-electron chi connectivity index (χ3n) is 5.37. The Morgan fingerprint density at radius 1 is 0.933 bits per heavy atom. The van der Waals surface area contributed by atoms with Crippen LogP contribution >= 0.6 is 0 Å². The Labute approximate surface area is 184 Å². The summed E-state index contributed by atoms with van der Waals surface area (Å²) in [6.45, 7) is 10.5. The number of rotatable bonds is 19. The second-order valence-corrected chi connectivity index (χ2v) is 8.80. The van der Waals surface area contributed by atoms with Crippen LogP contribution in [-0.2, 0) is 14.3 Å². The highest BCUT2D eigenvalue weighted by Crippen LogP contribution is 2.16. The predicted octanol–water partition coefficient (Wildman–Crippen LogP) is 2.27. The standard InChI is InChI=1S/C23H47N3O4/c1-7-9-16-30-23(29)19-24(4)13-12-21(8-2)10-11-22(28)18-26(6)15-14-25(5)17-20(3)27/h20-21,27H,7-19H2,1-6H3/t20?,21-/m1/s1. The summed E-state index contributed by atoms with van der Waals surface area (Å²) in [7, 11) is 5.90. The number of ketones is 1. The molecule has 178 valence electrons. The van der Waals surface area contributed by atoms with E-state index in [0.717, 1.165) is 51.7 Å². The van der Waals surface area contributed by atoms with Crippen LogP contribution in [0.4, 0.5) is 0 Å². The summed E-state index contributed by atoms with van der Waals surface area (Å²) in [5, 5.41) is 9.41. The molecule has 0 aromatic heterocycles. The molecule has 7 nitrogen and oxygen atoms in total. The number of unbranched alkanes of at least 4 members (excludes halogenated alkanes) is 1. The fourth-order valence-electron chi connectivity index (χ4n) is 3.34. The average Bonchev–Trinajstić information content (AvgIpc) is 2.66. The molecule has 2 atom stereocenters. The SMILES string of the molecule is CCCCOC(=O)CN(C)CC[C@H](CC)CCC(=O)CN(C)CCN(C)CC(C)O. The molecule has 0 heterocycles. The van der Waals surface area contributed by atoms with Gasteiger partial charge in [0.1, 0.15) is 5.78 Å². The Morgan fingerprint density at radius 3 is 2.17 bits per heavy atom. The van der Waals surface area contributed by atoms with Gasteiger partial charge in [-0.25, -0.2) is 0 Å². The van der Waals surface area contributed by atoms with Gasteiger partial charge in [-0.2, -0.15) is 0 Å². The molecule has 7 heteroatoms. The molecule has 0 fully saturated rings. The first kappa shape index (κ1) is 29.0. The molecule has 0 radical (unpaired) electrons. The average molecular weight is 430 g/mol. The van der Waals surface area contributed by atoms with Crippen LogP contribution in [0, 0.1) is 5.92 Å². The number of likely N-dealkylation sites (N-methyl/N-ethyl adjacent to an activating group) is 3. The zero-order chi connectivity index (χ0) is 22.9. The van der Waals surface area contributed by atoms with Gasteiger partial charge in [-0.05, 0) is 59.8 Å². The van der Waals surface area contributed by atoms with Gasteiger partial charge in [-0.3, -0.25) is 19.4 Å². The normalized spacial score (nSPS) is 13.8. The third-order valence-corrected chi connectivity index (χ3v) is 5.37. The Balaban J connectivity index is 4.03. The van der Waals surface area contributed by atoms with E-state index < -0.39 is 0 Å². The van der Waals surface area contributed by atoms with Gasteiger partial charge in [0.25, 0.3) is 0 Å². The van der Waals surface area contributed by atoms with Crippen LogP contribution in [0.25, 0.3) is 0 Å². The summed E-state index contributed by atoms with van der Waals surface area (Å²) in [6.07, 6.45) is 5.14. The highest BCUT2D eigenvalue weighted by Gasteiger charge is 2.14. The van der Waals surface area contributed by atoms with Gasteiger partial charge in [0, 0.05) is 26.1 Å². The van der Waals surface area contributed by atoms with E-state index in [1.807, 2.05) is 26.0 Å². The minimum atomic E-state index is -0.335. The largest absolute Gasteiger partial charge is 0.465 e. The first-order chi connectivity index (χ1) is 14.2. The van der Waals surface area contributed by atoms with E-state index in [-0.39, 0.29) is 17.9 Å². The van der Waals surface area contributed by atoms with Crippen LogP contribution in [0.5, 0.6) is 0 Å². The maximum absolute atomic E-state index is 12.3. The molecule has 0 aliphatic heterocycles. The molecule has 0 amide bonds. The zero-order valence-corrected chi connectivity index (χ0v) is 20.4. The lowest BCUT2D eigenvalue weighted by molar-refractivity contribution is -0.144. The first-order valence-electron chi connectivity index (χ1n) is 11.6. The van der Waals surface area contributed by atoms with Gasteiger partial charge in [0.05, 0.1) is 25.8 Å². The number of aliphatic hydroxyl groups excluding tert-OH is 1. The zero-order valence-electron chi connectivity index (χ0n) is 20.4. The van der Waals surface area contributed by atoms with Crippen LogP contribution in [0.2, 0.25) is 0 Å². The predicted molar refractivity (Wildman–Crippen MR) is 123 cm³/mol. The van der Waals surface area contributed by atoms with E-state index in [4.69, 9.17) is 4.74 Å². The third kappa shape index (κ3) is 16.7. The first-order valence-corrected chi connectivity index (χ1v) is 11.6. The van der Waals surface area contributed by atoms with Crippen LogP contribution in [-0.4, -0.2) is 105 Å². The topological polar surface area (TPSA) is 73.3 Å². The lowest BCUT2D eigenvalue weighted by atomic mass is 9.95. The van der Waals surface area contributed by atoms with E-state index in [0.29, 0.717) is 38.6 Å². The van der Waals surface area contributed by atoms with Gasteiger partial charge in [0.2, 0.25) is 0 Å². The molecule has 0 rings (SSSR count). The minimum Gasteiger partial charge on any atom is -0.465 e. The molecular weight excluding hydrogens is 382 g/mol. The number of carbonyl (C=O) groups is 2. The van der Waals surface area contributed by atoms with Crippen molar-refractivity contribution < 1.29 is 19.4 Å². The summed E-state index contributed by atoms with van der Waals surface area (Å²) in [4.78, 5) is 30.3. The van der Waals surface area contributed by atoms with Crippen molar-refractivity contribution in [2.45, 2.75) is 65.4 Å². The fourth-order valence-corrected chi connectivity index (χ4v) is 3.34. The van der Waals surface area contributed by atoms with Gasteiger partial charge in [0.15, 0.2) is 0 Å². The summed E-state index contributed by atoms with van der Waals surface area (Å²) in [6, 6.07) is 0. The summed E-state index contributed by atoms with van der Waals surface area (Å²) < 4.78 is 5.21. The van der Waals surface area contributed by atoms with Gasteiger partial charge in [-0.1, -0.05) is 26.7 Å². The van der Waals surface area contributed by atoms with Crippen LogP contribution < -0.4 is 0 Å². The van der Waals surface area contributed by atoms with Crippen molar-refractivity contribution in [3.8, 4) is 0 Å². The molecule has 30 heavy (non-hydrogen) atoms. The highest BCUT2D eigenvalue weighted by molar-refractivity contribution is 5.80. The van der Waals surface area contributed by atoms with E-state index in [1.54, 1.807) is 6.92 Å². The number of esters is 1. The number of carbonyl (C=O) groups excluding carboxylic acids is 2. The lowest BCUT2D eigenvalue weighted by Gasteiger charge is -2.23. The Bertz CT molecular complexity index is 460. The maximum atomic E-state index is 12.3. The molecule has 1 unspecified atom stereocenters. The van der Waals surface area contributed by atoms with E-state index in [2.05, 4.69) is 23.6 Å². The number of nitrogens with zero attached hydrogens (tertiary/aromatic N) is 3. The Hall–Kier alpha value is -1.02. The van der Waals surface area contributed by atoms with E-state index in [9.17, 15) is 14.7 Å². The second kappa shape index (κ2) is 17.6. The molecule has 1 N–H and O–H groups in total. The number of aliphatic hydroxyl groups is 1. The molecule has 0 bridgehead atoms. The molecule has 0 aliphatic carbocycles. The van der Waals surface area contributed by atoms with E-state index in [1.165, 1.54) is 0 Å². The van der Waals surface area contributed by atoms with Crippen molar-refractivity contribution in [2.24, 2.45) is 5.92 Å². The number of Topliss-reactive ketones (excluding diaryl/α,β-unsaturated/α-hetero) is 1. The maximum Gasteiger partial charge on any atom is 0.320 e. The van der Waals surface area contributed by atoms with Crippen molar-refractivity contribution >= 4 is 11.8 Å². The molecule has 0 spiro atoms. The quantitative estimate of drug-likeness (QED) is 0.249. The van der Waals surface area contributed by atoms with Crippen LogP contribution in [0.3, 0.4) is 0 Å². The Morgan fingerprint density at radius 2 is 1.57 bits per heavy atom. The Kier molecular flexibility index (Phi) is 17.0. The summed E-state index contributed by atoms with van der Waals surface area (Å²) >= 11 is 0. The summed E-state index contributed by atoms with van der Waals surface area (Å²) in [5.74, 6) is 0.619. The second-order valence-electron chi connectivity index (χ2n) is 8.80. The van der Waals surface area contributed by atoms with Crippen molar-refractivity contribution in [3.63, 3.8) is 0 Å². The van der Waals surface area contributed by atoms with Gasteiger partial charge in [-0.15, -0.1) is 0 Å². The van der Waals surface area contributed by atoms with Crippen LogP contribution in [0.1, 0.15) is 59.3 Å². The van der Waals surface area contributed by atoms with Crippen LogP contribution in [0.15, 0.2) is 0 Å².